The first kappa shape index (κ1) is 45.8. The molecule has 0 saturated heterocycles. The van der Waals surface area contributed by atoms with Crippen molar-refractivity contribution in [1.29, 1.82) is 0 Å². The Kier molecular flexibility index (Phi) is 16.4. The highest BCUT2D eigenvalue weighted by Crippen LogP contribution is 2.36. The predicted octanol–water partition coefficient (Wildman–Crippen LogP) is 13.1. The van der Waals surface area contributed by atoms with Gasteiger partial charge in [0.05, 0.1) is 0 Å². The molecule has 0 aliphatic carbocycles. The molecular weight excluding hydrogens is 797 g/mol. The number of carbonyl (C=O) groups excluding carboxylic acids is 3. The van der Waals surface area contributed by atoms with Crippen molar-refractivity contribution in [2.24, 2.45) is 0 Å². The molecule has 0 N–H and O–H groups in total. The number of ether oxygens (including phenoxy) is 3. The zero-order valence-corrected chi connectivity index (χ0v) is 36.9. The summed E-state index contributed by atoms with van der Waals surface area (Å²) < 4.78 is 16.0. The van der Waals surface area contributed by atoms with Gasteiger partial charge in [0.1, 0.15) is 24.2 Å². The van der Waals surface area contributed by atoms with Crippen molar-refractivity contribution in [3.05, 3.63) is 217 Å². The van der Waals surface area contributed by atoms with Gasteiger partial charge in [-0.05, 0) is 142 Å². The van der Waals surface area contributed by atoms with E-state index in [9.17, 15) is 14.4 Å². The van der Waals surface area contributed by atoms with E-state index >= 15 is 0 Å². The summed E-state index contributed by atoms with van der Waals surface area (Å²) in [5.74, 6) is -0.702. The molecule has 0 amide bonds. The Balaban J connectivity index is 0.000000219. The summed E-state index contributed by atoms with van der Waals surface area (Å²) in [4.78, 5) is 38.8. The summed E-state index contributed by atoms with van der Waals surface area (Å²) in [6.45, 7) is 11.2. The molecule has 64 heavy (non-hydrogen) atoms. The van der Waals surface area contributed by atoms with E-state index in [2.05, 4.69) is 164 Å². The molecule has 0 heterocycles. The lowest BCUT2D eigenvalue weighted by atomic mass is 10.0. The highest BCUT2D eigenvalue weighted by molar-refractivity contribution is 6.34. The number of hydrogen-bond donors (Lipinski definition) is 0. The fourth-order valence-corrected chi connectivity index (χ4v) is 6.75. The SMILES string of the molecule is C=CC(=O)OC(C)COc1ccc(CCc2ccc(N(c3ccccc3)c3ccccc3)cc2)cc1.CCC(=O)C(=O)Oc1ccc(N(c2ccc(C)cc2)c2ccc(C)cc2)cc1. The standard InChI is InChI=1S/C32H31NO3.C24H23NO3/c1-3-32(34)36-25(2)24-35-31-22-18-27(19-23-31)15-14-26-16-20-30(21-17-26)33(28-10-6-4-7-11-28)29-12-8-5-9-13-29;1-4-23(26)24(27)28-22-15-13-21(14-16-22)25(19-9-5-17(2)6-10-19)20-11-7-18(3)8-12-20/h3-13,16-23,25H,1,14-15,24H2,2H3;5-16H,4H2,1-3H3. The quantitative estimate of drug-likeness (QED) is 0.0388. The van der Waals surface area contributed by atoms with Crippen LogP contribution in [0.15, 0.2) is 195 Å². The van der Waals surface area contributed by atoms with Gasteiger partial charge in [-0.2, -0.15) is 0 Å². The van der Waals surface area contributed by atoms with Crippen molar-refractivity contribution in [2.75, 3.05) is 16.4 Å². The lowest BCUT2D eigenvalue weighted by Crippen LogP contribution is -2.20. The van der Waals surface area contributed by atoms with E-state index in [-0.39, 0.29) is 12.5 Å². The molecule has 0 radical (unpaired) electrons. The minimum absolute atomic E-state index is 0.130. The minimum atomic E-state index is -0.829. The first-order valence-electron chi connectivity index (χ1n) is 21.4. The first-order chi connectivity index (χ1) is 31.1. The average Bonchev–Trinajstić information content (AvgIpc) is 3.33. The molecule has 324 valence electrons. The molecule has 0 aliphatic heterocycles. The molecule has 0 bridgehead atoms. The maximum absolute atomic E-state index is 11.7. The van der Waals surface area contributed by atoms with Gasteiger partial charge >= 0.3 is 11.9 Å². The van der Waals surface area contributed by atoms with E-state index in [4.69, 9.17) is 14.2 Å². The van der Waals surface area contributed by atoms with Crippen LogP contribution >= 0.6 is 0 Å². The summed E-state index contributed by atoms with van der Waals surface area (Å²) in [5, 5.41) is 0. The molecule has 7 rings (SSSR count). The van der Waals surface area contributed by atoms with Crippen LogP contribution in [0.25, 0.3) is 0 Å². The molecule has 0 spiro atoms. The van der Waals surface area contributed by atoms with Gasteiger partial charge in [0.2, 0.25) is 5.78 Å². The molecule has 1 atom stereocenters. The number of rotatable bonds is 17. The number of carbonyl (C=O) groups is 3. The van der Waals surface area contributed by atoms with Gasteiger partial charge in [0.25, 0.3) is 0 Å². The third-order valence-corrected chi connectivity index (χ3v) is 10.3. The average molecular weight is 851 g/mol. The fourth-order valence-electron chi connectivity index (χ4n) is 6.75. The summed E-state index contributed by atoms with van der Waals surface area (Å²) in [5.41, 5.74) is 11.3. The minimum Gasteiger partial charge on any atom is -0.490 e. The van der Waals surface area contributed by atoms with Crippen LogP contribution in [0.1, 0.15) is 42.5 Å². The fraction of sp³-hybridized carbons (Fsp3) is 0.161. The topological polar surface area (TPSA) is 85.4 Å². The number of aryl methyl sites for hydroxylation is 4. The number of Topliss-reactive ketones (excluding diaryl/α,β-unsaturated/α-hetero) is 1. The second kappa shape index (κ2) is 22.9. The van der Waals surface area contributed by atoms with Crippen molar-refractivity contribution in [3.8, 4) is 11.5 Å². The molecule has 8 heteroatoms. The Hall–Kier alpha value is -7.71. The zero-order chi connectivity index (χ0) is 45.3. The maximum Gasteiger partial charge on any atom is 0.379 e. The number of ketones is 1. The number of para-hydroxylation sites is 2. The van der Waals surface area contributed by atoms with Crippen molar-refractivity contribution < 1.29 is 28.6 Å². The van der Waals surface area contributed by atoms with Gasteiger partial charge in [0.15, 0.2) is 0 Å². The molecule has 0 saturated carbocycles. The monoisotopic (exact) mass is 850 g/mol. The lowest BCUT2D eigenvalue weighted by molar-refractivity contribution is -0.146. The number of esters is 2. The Morgan fingerprint density at radius 2 is 0.906 bits per heavy atom. The smallest absolute Gasteiger partial charge is 0.379 e. The normalized spacial score (nSPS) is 10.9. The van der Waals surface area contributed by atoms with E-state index in [0.717, 1.165) is 58.8 Å². The summed E-state index contributed by atoms with van der Waals surface area (Å²) in [6, 6.07) is 61.4. The van der Waals surface area contributed by atoms with Crippen molar-refractivity contribution in [1.82, 2.24) is 0 Å². The highest BCUT2D eigenvalue weighted by atomic mass is 16.6. The third kappa shape index (κ3) is 13.1. The Bertz CT molecular complexity index is 2470. The van der Waals surface area contributed by atoms with Crippen LogP contribution in [0.3, 0.4) is 0 Å². The van der Waals surface area contributed by atoms with Crippen LogP contribution in [-0.2, 0) is 32.0 Å². The van der Waals surface area contributed by atoms with Gasteiger partial charge in [-0.15, -0.1) is 0 Å². The van der Waals surface area contributed by atoms with Crippen LogP contribution in [-0.4, -0.2) is 30.4 Å². The van der Waals surface area contributed by atoms with Crippen LogP contribution in [0.4, 0.5) is 34.1 Å². The second-order valence-electron chi connectivity index (χ2n) is 15.2. The summed E-state index contributed by atoms with van der Waals surface area (Å²) in [7, 11) is 0. The van der Waals surface area contributed by atoms with Gasteiger partial charge in [-0.25, -0.2) is 9.59 Å². The van der Waals surface area contributed by atoms with E-state index in [1.165, 1.54) is 22.3 Å². The summed E-state index contributed by atoms with van der Waals surface area (Å²) >= 11 is 0. The molecule has 0 fully saturated rings. The number of hydrogen-bond acceptors (Lipinski definition) is 8. The molecule has 7 aromatic carbocycles. The molecule has 1 unspecified atom stereocenters. The maximum atomic E-state index is 11.7. The second-order valence-corrected chi connectivity index (χ2v) is 15.2. The van der Waals surface area contributed by atoms with Gasteiger partial charge in [-0.3, -0.25) is 4.79 Å². The van der Waals surface area contributed by atoms with Crippen LogP contribution < -0.4 is 19.3 Å². The largest absolute Gasteiger partial charge is 0.490 e. The number of anilines is 6. The van der Waals surface area contributed by atoms with Crippen LogP contribution in [0.5, 0.6) is 11.5 Å². The van der Waals surface area contributed by atoms with Gasteiger partial charge in [0, 0.05) is 46.6 Å². The third-order valence-electron chi connectivity index (χ3n) is 10.3. The predicted molar refractivity (Wildman–Crippen MR) is 258 cm³/mol. The first-order valence-corrected chi connectivity index (χ1v) is 21.4. The van der Waals surface area contributed by atoms with Crippen LogP contribution in [0, 0.1) is 13.8 Å². The number of nitrogens with zero attached hydrogens (tertiary/aromatic N) is 2. The molecule has 8 nitrogen and oxygen atoms in total. The number of benzene rings is 7. The van der Waals surface area contributed by atoms with E-state index in [0.29, 0.717) is 12.4 Å². The van der Waals surface area contributed by atoms with Gasteiger partial charge in [-0.1, -0.05) is 110 Å². The van der Waals surface area contributed by atoms with E-state index in [1.807, 2.05) is 36.4 Å². The Morgan fingerprint density at radius 1 is 0.531 bits per heavy atom. The van der Waals surface area contributed by atoms with E-state index < -0.39 is 17.7 Å². The van der Waals surface area contributed by atoms with Crippen molar-refractivity contribution in [3.63, 3.8) is 0 Å². The van der Waals surface area contributed by atoms with Crippen molar-refractivity contribution in [2.45, 2.75) is 53.1 Å². The Labute approximate surface area is 377 Å². The molecule has 7 aromatic rings. The van der Waals surface area contributed by atoms with Crippen molar-refractivity contribution >= 4 is 51.8 Å². The zero-order valence-electron chi connectivity index (χ0n) is 36.9. The molecular formula is C56H54N2O6. The molecule has 0 aliphatic rings. The lowest BCUT2D eigenvalue weighted by Gasteiger charge is -2.25. The highest BCUT2D eigenvalue weighted by Gasteiger charge is 2.16. The van der Waals surface area contributed by atoms with Gasteiger partial charge < -0.3 is 24.0 Å². The Morgan fingerprint density at radius 3 is 1.33 bits per heavy atom. The van der Waals surface area contributed by atoms with Crippen LogP contribution in [0.2, 0.25) is 0 Å². The van der Waals surface area contributed by atoms with E-state index in [1.54, 1.807) is 26.0 Å². The summed E-state index contributed by atoms with van der Waals surface area (Å²) in [6.07, 6.45) is 2.84. The molecule has 0 aromatic heterocycles.